The van der Waals surface area contributed by atoms with E-state index in [2.05, 4.69) is 10.3 Å². The first-order chi connectivity index (χ1) is 11.5. The summed E-state index contributed by atoms with van der Waals surface area (Å²) in [5, 5.41) is 15.2. The molecule has 0 saturated carbocycles. The first kappa shape index (κ1) is 19.7. The van der Waals surface area contributed by atoms with Crippen LogP contribution in [0.5, 0.6) is 0 Å². The maximum Gasteiger partial charge on any atom is 0.416 e. The van der Waals surface area contributed by atoms with E-state index in [1.165, 1.54) is 13.2 Å². The molecule has 1 aromatic heterocycles. The number of nitrogens with zero attached hydrogens (tertiary/aromatic N) is 3. The van der Waals surface area contributed by atoms with Gasteiger partial charge in [-0.2, -0.15) is 18.3 Å². The van der Waals surface area contributed by atoms with Crippen molar-refractivity contribution >= 4 is 45.9 Å². The first-order valence-electron chi connectivity index (χ1n) is 6.46. The highest BCUT2D eigenvalue weighted by Crippen LogP contribution is 2.39. The van der Waals surface area contributed by atoms with E-state index in [0.29, 0.717) is 12.1 Å². The van der Waals surface area contributed by atoms with Gasteiger partial charge in [-0.25, -0.2) is 4.68 Å². The molecule has 1 unspecified atom stereocenters. The van der Waals surface area contributed by atoms with Crippen molar-refractivity contribution < 1.29 is 22.9 Å². The first-order valence-corrected chi connectivity index (χ1v) is 8.78. The van der Waals surface area contributed by atoms with E-state index in [9.17, 15) is 17.7 Å². The molecule has 0 aliphatic carbocycles. The Morgan fingerprint density at radius 3 is 2.28 bits per heavy atom. The van der Waals surface area contributed by atoms with Gasteiger partial charge in [0.05, 0.1) is 15.6 Å². The van der Waals surface area contributed by atoms with Crippen LogP contribution < -0.4 is 5.73 Å². The van der Waals surface area contributed by atoms with Gasteiger partial charge in [0.25, 0.3) is 0 Å². The molecule has 25 heavy (non-hydrogen) atoms. The summed E-state index contributed by atoms with van der Waals surface area (Å²) in [6.07, 6.45) is -3.31. The second-order valence-electron chi connectivity index (χ2n) is 4.90. The predicted octanol–water partition coefficient (Wildman–Crippen LogP) is 3.72. The predicted molar refractivity (Wildman–Crippen MR) is 89.3 cm³/mol. The number of hydrogen-bond donors (Lipinski definition) is 2. The van der Waals surface area contributed by atoms with Gasteiger partial charge in [-0.05, 0) is 30.2 Å². The number of benzene rings is 1. The molecule has 1 atom stereocenters. The number of rotatable bonds is 3. The molecule has 0 aliphatic rings. The van der Waals surface area contributed by atoms with Gasteiger partial charge in [0.2, 0.25) is 4.90 Å². The van der Waals surface area contributed by atoms with Gasteiger partial charge in [-0.15, -0.1) is 0 Å². The molecule has 136 valence electrons. The van der Waals surface area contributed by atoms with Crippen LogP contribution in [0.25, 0.3) is 5.69 Å². The van der Waals surface area contributed by atoms with Crippen molar-refractivity contribution in [1.29, 1.82) is 0 Å². The highest BCUT2D eigenvalue weighted by molar-refractivity contribution is 7.91. The molecule has 0 radical (unpaired) electrons. The summed E-state index contributed by atoms with van der Waals surface area (Å²) < 4.78 is 51.4. The fraction of sp³-hybridized carbons (Fsp3) is 0.231. The highest BCUT2D eigenvalue weighted by atomic mass is 35.5. The van der Waals surface area contributed by atoms with Gasteiger partial charge < -0.3 is 15.5 Å². The summed E-state index contributed by atoms with van der Waals surface area (Å²) in [4.78, 5) is 0.0438. The minimum absolute atomic E-state index is 0.00728. The van der Waals surface area contributed by atoms with Crippen LogP contribution in [0.2, 0.25) is 10.0 Å². The average Bonchev–Trinajstić information content (AvgIpc) is 2.82. The van der Waals surface area contributed by atoms with Crippen LogP contribution in [0, 0.1) is 0 Å². The molecule has 12 heteroatoms. The molecule has 0 amide bonds. The normalized spacial score (nSPS) is 14.0. The third-order valence-electron chi connectivity index (χ3n) is 3.21. The number of halogens is 5. The number of nitrogens with two attached hydrogens (primary N) is 1. The fourth-order valence-corrected chi connectivity index (χ4v) is 3.58. The van der Waals surface area contributed by atoms with Crippen LogP contribution in [0.3, 0.4) is 0 Å². The molecule has 0 spiro atoms. The van der Waals surface area contributed by atoms with E-state index in [4.69, 9.17) is 34.1 Å². The zero-order valence-corrected chi connectivity index (χ0v) is 15.1. The Kier molecular flexibility index (Phi) is 5.47. The lowest BCUT2D eigenvalue weighted by Crippen LogP contribution is -2.09. The molecule has 0 bridgehead atoms. The van der Waals surface area contributed by atoms with Crippen molar-refractivity contribution in [3.63, 3.8) is 0 Å². The smallest absolute Gasteiger partial charge is 0.416 e. The van der Waals surface area contributed by atoms with Gasteiger partial charge in [0.15, 0.2) is 11.5 Å². The van der Waals surface area contributed by atoms with Crippen LogP contribution in [0.1, 0.15) is 18.2 Å². The molecule has 1 aromatic carbocycles. The van der Waals surface area contributed by atoms with Gasteiger partial charge in [0.1, 0.15) is 17.7 Å². The van der Waals surface area contributed by atoms with E-state index in [-0.39, 0.29) is 37.9 Å². The van der Waals surface area contributed by atoms with Gasteiger partial charge in [-0.1, -0.05) is 28.4 Å². The molecule has 0 saturated heterocycles. The molecule has 1 heterocycles. The molecule has 2 rings (SSSR count). The van der Waals surface area contributed by atoms with Crippen molar-refractivity contribution in [2.45, 2.75) is 18.0 Å². The Morgan fingerprint density at radius 1 is 1.36 bits per heavy atom. The fourth-order valence-electron chi connectivity index (χ4n) is 2.09. The van der Waals surface area contributed by atoms with Crippen molar-refractivity contribution in [1.82, 2.24) is 9.78 Å². The molecule has 0 aliphatic heterocycles. The topological polar surface area (TPSA) is 99.5 Å². The van der Waals surface area contributed by atoms with Gasteiger partial charge >= 0.3 is 6.18 Å². The maximum absolute atomic E-state index is 12.8. The van der Waals surface area contributed by atoms with Crippen molar-refractivity contribution in [2.75, 3.05) is 12.0 Å². The van der Waals surface area contributed by atoms with Crippen LogP contribution in [0.4, 0.5) is 19.0 Å². The van der Waals surface area contributed by atoms with E-state index in [1.54, 1.807) is 0 Å². The lowest BCUT2D eigenvalue weighted by atomic mass is 10.2. The minimum Gasteiger partial charge on any atom is -0.611 e. The van der Waals surface area contributed by atoms with Crippen LogP contribution in [-0.2, 0) is 17.4 Å². The Balaban J connectivity index is 2.76. The van der Waals surface area contributed by atoms with Crippen LogP contribution in [-0.4, -0.2) is 31.5 Å². The zero-order chi connectivity index (χ0) is 19.1. The summed E-state index contributed by atoms with van der Waals surface area (Å²) in [7, 11) is 0. The second kappa shape index (κ2) is 6.94. The SMILES string of the molecule is CC(=NO)c1nn(-c2c(Cl)cc(C(F)(F)F)cc2Cl)c(N)c1[S+](C)[O-]. The monoisotopic (exact) mass is 414 g/mol. The van der Waals surface area contributed by atoms with Crippen molar-refractivity contribution in [2.24, 2.45) is 5.16 Å². The zero-order valence-electron chi connectivity index (χ0n) is 12.7. The van der Waals surface area contributed by atoms with E-state index < -0.39 is 22.9 Å². The van der Waals surface area contributed by atoms with Crippen molar-refractivity contribution in [3.8, 4) is 5.69 Å². The molecule has 2 aromatic rings. The summed E-state index contributed by atoms with van der Waals surface area (Å²) in [5.74, 6) is -0.151. The summed E-state index contributed by atoms with van der Waals surface area (Å²) in [5.41, 5.74) is 4.79. The lowest BCUT2D eigenvalue weighted by Gasteiger charge is -2.13. The maximum atomic E-state index is 12.8. The van der Waals surface area contributed by atoms with E-state index >= 15 is 0 Å². The van der Waals surface area contributed by atoms with Crippen molar-refractivity contribution in [3.05, 3.63) is 33.4 Å². The van der Waals surface area contributed by atoms with E-state index in [0.717, 1.165) is 4.68 Å². The summed E-state index contributed by atoms with van der Waals surface area (Å²) >= 11 is 10.3. The second-order valence-corrected chi connectivity index (χ2v) is 7.03. The summed E-state index contributed by atoms with van der Waals surface area (Å²) in [6.45, 7) is 1.39. The molecular weight excluding hydrogens is 404 g/mol. The Morgan fingerprint density at radius 2 is 1.88 bits per heavy atom. The number of anilines is 1. The minimum atomic E-state index is -4.64. The Hall–Kier alpha value is -1.62. The number of oxime groups is 1. The lowest BCUT2D eigenvalue weighted by molar-refractivity contribution is -0.137. The average molecular weight is 415 g/mol. The van der Waals surface area contributed by atoms with Crippen LogP contribution >= 0.6 is 23.2 Å². The molecule has 6 nitrogen and oxygen atoms in total. The third kappa shape index (κ3) is 3.66. The number of nitrogen functional groups attached to an aromatic ring is 1. The number of hydrogen-bond acceptors (Lipinski definition) is 5. The van der Waals surface area contributed by atoms with Crippen LogP contribution in [0.15, 0.2) is 22.2 Å². The highest BCUT2D eigenvalue weighted by Gasteiger charge is 2.33. The molecule has 0 fully saturated rings. The molecular formula is C13H11Cl2F3N4O2S. The Bertz CT molecular complexity index is 830. The van der Waals surface area contributed by atoms with Gasteiger partial charge in [-0.3, -0.25) is 0 Å². The number of alkyl halides is 3. The largest absolute Gasteiger partial charge is 0.611 e. The summed E-state index contributed by atoms with van der Waals surface area (Å²) in [6, 6.07) is 1.36. The quantitative estimate of drug-likeness (QED) is 0.346. The Labute approximate surface area is 153 Å². The van der Waals surface area contributed by atoms with Gasteiger partial charge in [0, 0.05) is 0 Å². The third-order valence-corrected chi connectivity index (χ3v) is 4.77. The number of aromatic nitrogens is 2. The standard InChI is InChI=1S/C13H11Cl2F3N4O2S/c1-5(21-23)9-11(25(2)24)12(19)22(20-9)10-7(14)3-6(4-8(10)15)13(16,17)18/h3-4,23H,19H2,1-2H3. The van der Waals surface area contributed by atoms with E-state index in [1.807, 2.05) is 0 Å². The molecule has 3 N–H and O–H groups in total.